The quantitative estimate of drug-likeness (QED) is 0.214. The van der Waals surface area contributed by atoms with Crippen molar-refractivity contribution in [3.8, 4) is 17.2 Å². The Hall–Kier alpha value is -4.45. The normalized spacial score (nSPS) is 11.2. The van der Waals surface area contributed by atoms with Gasteiger partial charge in [-0.2, -0.15) is 5.26 Å². The van der Waals surface area contributed by atoms with Crippen LogP contribution in [0.15, 0.2) is 115 Å². The minimum Gasteiger partial charge on any atom is -0.309 e. The van der Waals surface area contributed by atoms with Crippen LogP contribution in [0.25, 0.3) is 43.4 Å². The summed E-state index contributed by atoms with van der Waals surface area (Å²) in [6.45, 7) is 1.59. The smallest absolute Gasteiger partial charge is 0.0991 e. The van der Waals surface area contributed by atoms with Crippen molar-refractivity contribution in [1.82, 2.24) is 5.32 Å². The van der Waals surface area contributed by atoms with Gasteiger partial charge < -0.3 is 5.32 Å². The molecule has 0 saturated carbocycles. The van der Waals surface area contributed by atoms with Crippen molar-refractivity contribution < 1.29 is 0 Å². The largest absolute Gasteiger partial charge is 0.309 e. The van der Waals surface area contributed by atoms with Crippen molar-refractivity contribution in [3.63, 3.8) is 0 Å². The van der Waals surface area contributed by atoms with Crippen molar-refractivity contribution in [3.05, 3.63) is 132 Å². The Bertz CT molecular complexity index is 1710. The van der Waals surface area contributed by atoms with E-state index in [0.717, 1.165) is 24.2 Å². The molecule has 0 heterocycles. The molecular formula is C33H24N2. The van der Waals surface area contributed by atoms with E-state index in [-0.39, 0.29) is 0 Å². The molecule has 0 aromatic heterocycles. The van der Waals surface area contributed by atoms with Gasteiger partial charge in [0.1, 0.15) is 0 Å². The second-order valence-electron chi connectivity index (χ2n) is 8.95. The summed E-state index contributed by atoms with van der Waals surface area (Å²) in [6.07, 6.45) is 0. The van der Waals surface area contributed by atoms with Gasteiger partial charge in [-0.15, -0.1) is 0 Å². The van der Waals surface area contributed by atoms with Crippen molar-refractivity contribution in [2.24, 2.45) is 0 Å². The Labute approximate surface area is 205 Å². The minimum atomic E-state index is 0.684. The van der Waals surface area contributed by atoms with E-state index in [2.05, 4.69) is 102 Å². The maximum absolute atomic E-state index is 9.01. The zero-order valence-electron chi connectivity index (χ0n) is 19.3. The highest BCUT2D eigenvalue weighted by atomic mass is 14.8. The fraction of sp³-hybridized carbons (Fsp3) is 0.0606. The first-order valence-electron chi connectivity index (χ1n) is 11.9. The predicted octanol–water partition coefficient (Wildman–Crippen LogP) is 7.97. The van der Waals surface area contributed by atoms with Crippen LogP contribution in [-0.2, 0) is 13.1 Å². The Morgan fingerprint density at radius 2 is 1.20 bits per heavy atom. The summed E-state index contributed by atoms with van der Waals surface area (Å²) in [7, 11) is 0. The molecule has 0 unspecified atom stereocenters. The number of nitriles is 1. The molecule has 0 bridgehead atoms. The van der Waals surface area contributed by atoms with E-state index < -0.39 is 0 Å². The van der Waals surface area contributed by atoms with E-state index in [4.69, 9.17) is 5.26 Å². The number of nitrogens with one attached hydrogen (secondary N) is 1. The van der Waals surface area contributed by atoms with E-state index >= 15 is 0 Å². The van der Waals surface area contributed by atoms with Gasteiger partial charge >= 0.3 is 0 Å². The molecule has 166 valence electrons. The fourth-order valence-electron chi connectivity index (χ4n) is 5.01. The maximum Gasteiger partial charge on any atom is 0.0991 e. The summed E-state index contributed by atoms with van der Waals surface area (Å²) in [5.74, 6) is 0. The van der Waals surface area contributed by atoms with Gasteiger partial charge in [-0.25, -0.2) is 0 Å². The van der Waals surface area contributed by atoms with E-state index in [9.17, 15) is 0 Å². The summed E-state index contributed by atoms with van der Waals surface area (Å²) in [5, 5.41) is 20.5. The molecule has 0 aliphatic rings. The first-order valence-corrected chi connectivity index (χ1v) is 11.9. The van der Waals surface area contributed by atoms with Gasteiger partial charge in [0.25, 0.3) is 0 Å². The molecule has 0 aliphatic heterocycles. The number of nitrogens with zero attached hydrogens (tertiary/aromatic N) is 1. The van der Waals surface area contributed by atoms with E-state index in [1.54, 1.807) is 0 Å². The van der Waals surface area contributed by atoms with Gasteiger partial charge in [-0.3, -0.25) is 0 Å². The van der Waals surface area contributed by atoms with Crippen molar-refractivity contribution in [1.29, 1.82) is 5.26 Å². The summed E-state index contributed by atoms with van der Waals surface area (Å²) in [4.78, 5) is 0. The van der Waals surface area contributed by atoms with Crippen molar-refractivity contribution >= 4 is 32.3 Å². The summed E-state index contributed by atoms with van der Waals surface area (Å²) >= 11 is 0. The lowest BCUT2D eigenvalue weighted by molar-refractivity contribution is 0.700. The molecule has 35 heavy (non-hydrogen) atoms. The number of rotatable bonds is 5. The number of hydrogen-bond donors (Lipinski definition) is 1. The van der Waals surface area contributed by atoms with Gasteiger partial charge in [0.15, 0.2) is 0 Å². The summed E-state index contributed by atoms with van der Waals surface area (Å²) < 4.78 is 0. The van der Waals surface area contributed by atoms with Crippen LogP contribution in [0.4, 0.5) is 0 Å². The second kappa shape index (κ2) is 9.06. The van der Waals surface area contributed by atoms with Crippen LogP contribution in [-0.4, -0.2) is 0 Å². The lowest BCUT2D eigenvalue weighted by Crippen LogP contribution is -2.13. The van der Waals surface area contributed by atoms with Gasteiger partial charge in [-0.1, -0.05) is 97.1 Å². The first-order chi connectivity index (χ1) is 17.3. The van der Waals surface area contributed by atoms with E-state index in [1.165, 1.54) is 43.4 Å². The molecule has 0 amide bonds. The molecule has 0 fully saturated rings. The SMILES string of the molecule is N#Cc1ccc(-c2ccc(CNCc3c4ccccc4cc4ccc5ccccc5c34)cc2)cc1. The zero-order chi connectivity index (χ0) is 23.6. The minimum absolute atomic E-state index is 0.684. The Morgan fingerprint density at radius 3 is 1.94 bits per heavy atom. The van der Waals surface area contributed by atoms with Crippen molar-refractivity contribution in [2.75, 3.05) is 0 Å². The Kier molecular flexibility index (Phi) is 5.47. The Balaban J connectivity index is 1.29. The molecule has 1 N–H and O–H groups in total. The predicted molar refractivity (Wildman–Crippen MR) is 146 cm³/mol. The molecule has 6 rings (SSSR count). The molecule has 6 aromatic rings. The van der Waals surface area contributed by atoms with Crippen LogP contribution in [0.5, 0.6) is 0 Å². The standard InChI is InChI=1S/C33H24N2/c34-20-23-9-13-25(14-10-23)26-15-11-24(12-16-26)21-35-22-32-30-7-3-2-6-28(30)19-29-18-17-27-5-1-4-8-31(27)33(29)32/h1-19,35H,21-22H2. The third-order valence-corrected chi connectivity index (χ3v) is 6.79. The van der Waals surface area contributed by atoms with Gasteiger partial charge in [0.05, 0.1) is 11.6 Å². The number of fused-ring (bicyclic) bond motifs is 4. The molecular weight excluding hydrogens is 424 g/mol. The topological polar surface area (TPSA) is 35.8 Å². The third kappa shape index (κ3) is 4.04. The second-order valence-corrected chi connectivity index (χ2v) is 8.95. The average molecular weight is 449 g/mol. The van der Waals surface area contributed by atoms with Gasteiger partial charge in [0.2, 0.25) is 0 Å². The lowest BCUT2D eigenvalue weighted by Gasteiger charge is -2.15. The van der Waals surface area contributed by atoms with Crippen LogP contribution in [0, 0.1) is 11.3 Å². The van der Waals surface area contributed by atoms with Crippen molar-refractivity contribution in [2.45, 2.75) is 13.1 Å². The summed E-state index contributed by atoms with van der Waals surface area (Å²) in [6, 6.07) is 42.7. The lowest BCUT2D eigenvalue weighted by atomic mass is 9.92. The van der Waals surface area contributed by atoms with E-state index in [1.807, 2.05) is 24.3 Å². The van der Waals surface area contributed by atoms with Gasteiger partial charge in [-0.05, 0) is 72.8 Å². The van der Waals surface area contributed by atoms with Gasteiger partial charge in [0, 0.05) is 13.1 Å². The van der Waals surface area contributed by atoms with Crippen LogP contribution in [0.3, 0.4) is 0 Å². The highest BCUT2D eigenvalue weighted by molar-refractivity contribution is 6.14. The molecule has 0 radical (unpaired) electrons. The monoisotopic (exact) mass is 448 g/mol. The Morgan fingerprint density at radius 1 is 0.571 bits per heavy atom. The third-order valence-electron chi connectivity index (χ3n) is 6.79. The fourth-order valence-corrected chi connectivity index (χ4v) is 5.01. The molecule has 6 aromatic carbocycles. The number of hydrogen-bond acceptors (Lipinski definition) is 2. The molecule has 2 heteroatoms. The van der Waals surface area contributed by atoms with Crippen LogP contribution in [0.2, 0.25) is 0 Å². The van der Waals surface area contributed by atoms with Crippen LogP contribution >= 0.6 is 0 Å². The number of benzene rings is 6. The molecule has 0 atom stereocenters. The molecule has 0 spiro atoms. The van der Waals surface area contributed by atoms with E-state index in [0.29, 0.717) is 5.56 Å². The first kappa shape index (κ1) is 21.1. The molecule has 0 saturated heterocycles. The summed E-state index contributed by atoms with van der Waals surface area (Å²) in [5.41, 5.74) is 5.56. The highest BCUT2D eigenvalue weighted by Crippen LogP contribution is 2.34. The van der Waals surface area contributed by atoms with Crippen LogP contribution in [0.1, 0.15) is 16.7 Å². The average Bonchev–Trinajstić information content (AvgIpc) is 2.93. The molecule has 2 nitrogen and oxygen atoms in total. The zero-order valence-corrected chi connectivity index (χ0v) is 19.3. The maximum atomic E-state index is 9.01. The van der Waals surface area contributed by atoms with Crippen LogP contribution < -0.4 is 5.32 Å². The molecule has 0 aliphatic carbocycles. The highest BCUT2D eigenvalue weighted by Gasteiger charge is 2.11.